The molecule has 0 saturated heterocycles. The lowest BCUT2D eigenvalue weighted by molar-refractivity contribution is -0.120. The van der Waals surface area contributed by atoms with Gasteiger partial charge < -0.3 is 10.1 Å². The Kier molecular flexibility index (Phi) is 7.60. The summed E-state index contributed by atoms with van der Waals surface area (Å²) in [6, 6.07) is 8.24. The van der Waals surface area contributed by atoms with Crippen LogP contribution >= 0.6 is 11.8 Å². The maximum absolute atomic E-state index is 11.9. The fraction of sp³-hybridized carbons (Fsp3) is 0.533. The topological polar surface area (TPSA) is 38.3 Å². The summed E-state index contributed by atoms with van der Waals surface area (Å²) in [5, 5.41) is 2.86. The van der Waals surface area contributed by atoms with Crippen LogP contribution in [0, 0.1) is 6.92 Å². The number of carbonyl (C=O) groups is 1. The molecule has 1 aromatic rings. The van der Waals surface area contributed by atoms with Crippen LogP contribution < -0.4 is 5.32 Å². The number of hydrogen-bond acceptors (Lipinski definition) is 3. The van der Waals surface area contributed by atoms with Crippen molar-refractivity contribution in [2.24, 2.45) is 0 Å². The molecule has 1 N–H and O–H groups in total. The molecule has 0 aromatic heterocycles. The molecule has 1 unspecified atom stereocenters. The second-order valence-corrected chi connectivity index (χ2v) is 5.83. The molecular weight excluding hydrogens is 258 g/mol. The standard InChI is InChI=1S/C15H23NO2S/c1-4-18-11-5-10-16-15(17)13(3)19-14-8-6-12(2)7-9-14/h6-9,13H,4-5,10-11H2,1-3H3,(H,16,17). The Labute approximate surface area is 120 Å². The van der Waals surface area contributed by atoms with Gasteiger partial charge in [0, 0.05) is 24.7 Å². The van der Waals surface area contributed by atoms with Crippen molar-refractivity contribution in [2.45, 2.75) is 37.3 Å². The zero-order valence-electron chi connectivity index (χ0n) is 11.9. The van der Waals surface area contributed by atoms with Crippen LogP contribution in [0.5, 0.6) is 0 Å². The molecule has 0 saturated carbocycles. The summed E-state index contributed by atoms with van der Waals surface area (Å²) in [5.41, 5.74) is 1.23. The van der Waals surface area contributed by atoms with Crippen LogP contribution in [0.3, 0.4) is 0 Å². The van der Waals surface area contributed by atoms with Crippen molar-refractivity contribution in [3.8, 4) is 0 Å². The largest absolute Gasteiger partial charge is 0.382 e. The first-order valence-corrected chi connectivity index (χ1v) is 7.60. The average Bonchev–Trinajstić information content (AvgIpc) is 2.41. The van der Waals surface area contributed by atoms with E-state index in [1.807, 2.05) is 13.8 Å². The summed E-state index contributed by atoms with van der Waals surface area (Å²) < 4.78 is 5.23. The summed E-state index contributed by atoms with van der Waals surface area (Å²) in [5.74, 6) is 0.0853. The molecule has 0 spiro atoms. The van der Waals surface area contributed by atoms with Gasteiger partial charge in [0.1, 0.15) is 0 Å². The predicted molar refractivity (Wildman–Crippen MR) is 80.6 cm³/mol. The van der Waals surface area contributed by atoms with Gasteiger partial charge in [-0.15, -0.1) is 11.8 Å². The predicted octanol–water partition coefficient (Wildman–Crippen LogP) is 3.02. The van der Waals surface area contributed by atoms with Gasteiger partial charge in [-0.25, -0.2) is 0 Å². The average molecular weight is 281 g/mol. The molecule has 1 rings (SSSR count). The SMILES string of the molecule is CCOCCCNC(=O)C(C)Sc1ccc(C)cc1. The minimum absolute atomic E-state index is 0.0743. The molecular formula is C15H23NO2S. The van der Waals surface area contributed by atoms with Crippen molar-refractivity contribution in [2.75, 3.05) is 19.8 Å². The van der Waals surface area contributed by atoms with Crippen LogP contribution in [0.1, 0.15) is 25.8 Å². The number of rotatable bonds is 8. The number of thioether (sulfide) groups is 1. The van der Waals surface area contributed by atoms with E-state index >= 15 is 0 Å². The van der Waals surface area contributed by atoms with E-state index in [1.165, 1.54) is 5.56 Å². The van der Waals surface area contributed by atoms with Crippen molar-refractivity contribution < 1.29 is 9.53 Å². The van der Waals surface area contributed by atoms with Crippen LogP contribution in [-0.4, -0.2) is 30.9 Å². The van der Waals surface area contributed by atoms with Gasteiger partial charge in [0.15, 0.2) is 0 Å². The number of benzene rings is 1. The smallest absolute Gasteiger partial charge is 0.233 e. The number of ether oxygens (including phenoxy) is 1. The number of amides is 1. The van der Waals surface area contributed by atoms with Gasteiger partial charge in [-0.3, -0.25) is 4.79 Å². The molecule has 0 aliphatic heterocycles. The molecule has 0 radical (unpaired) electrons. The third-order valence-electron chi connectivity index (χ3n) is 2.67. The maximum Gasteiger partial charge on any atom is 0.233 e. The first kappa shape index (κ1) is 16.1. The highest BCUT2D eigenvalue weighted by atomic mass is 32.2. The molecule has 1 atom stereocenters. The Bertz CT molecular complexity index is 378. The molecule has 4 heteroatoms. The van der Waals surface area contributed by atoms with Gasteiger partial charge in [0.05, 0.1) is 5.25 Å². The van der Waals surface area contributed by atoms with Gasteiger partial charge in [-0.05, 0) is 39.3 Å². The van der Waals surface area contributed by atoms with Crippen LogP contribution in [-0.2, 0) is 9.53 Å². The van der Waals surface area contributed by atoms with Crippen molar-refractivity contribution >= 4 is 17.7 Å². The molecule has 0 heterocycles. The van der Waals surface area contributed by atoms with Crippen LogP contribution in [0.4, 0.5) is 0 Å². The highest BCUT2D eigenvalue weighted by molar-refractivity contribution is 8.00. The van der Waals surface area contributed by atoms with Gasteiger partial charge in [0.25, 0.3) is 0 Å². The summed E-state index contributed by atoms with van der Waals surface area (Å²) in [4.78, 5) is 13.0. The highest BCUT2D eigenvalue weighted by Crippen LogP contribution is 2.23. The Balaban J connectivity index is 2.26. The first-order valence-electron chi connectivity index (χ1n) is 6.72. The quantitative estimate of drug-likeness (QED) is 0.588. The zero-order chi connectivity index (χ0) is 14.1. The molecule has 106 valence electrons. The number of hydrogen-bond donors (Lipinski definition) is 1. The van der Waals surface area contributed by atoms with E-state index in [-0.39, 0.29) is 11.2 Å². The maximum atomic E-state index is 11.9. The molecule has 0 bridgehead atoms. The van der Waals surface area contributed by atoms with Gasteiger partial charge in [-0.1, -0.05) is 17.7 Å². The number of aryl methyl sites for hydroxylation is 1. The molecule has 1 amide bonds. The van der Waals surface area contributed by atoms with Crippen molar-refractivity contribution in [3.05, 3.63) is 29.8 Å². The Morgan fingerprint density at radius 3 is 2.68 bits per heavy atom. The highest BCUT2D eigenvalue weighted by Gasteiger charge is 2.13. The van der Waals surface area contributed by atoms with E-state index < -0.39 is 0 Å². The molecule has 0 aliphatic rings. The minimum atomic E-state index is -0.0743. The molecule has 3 nitrogen and oxygen atoms in total. The lowest BCUT2D eigenvalue weighted by Crippen LogP contribution is -2.32. The molecule has 19 heavy (non-hydrogen) atoms. The summed E-state index contributed by atoms with van der Waals surface area (Å²) >= 11 is 1.59. The molecule has 0 aliphatic carbocycles. The van der Waals surface area contributed by atoms with E-state index in [0.717, 1.165) is 17.9 Å². The van der Waals surface area contributed by atoms with E-state index in [9.17, 15) is 4.79 Å². The normalized spacial score (nSPS) is 12.2. The molecule has 1 aromatic carbocycles. The van der Waals surface area contributed by atoms with E-state index in [1.54, 1.807) is 11.8 Å². The Morgan fingerprint density at radius 1 is 1.37 bits per heavy atom. The van der Waals surface area contributed by atoms with Crippen LogP contribution in [0.25, 0.3) is 0 Å². The van der Waals surface area contributed by atoms with E-state index in [0.29, 0.717) is 13.2 Å². The Hall–Kier alpha value is -1.00. The fourth-order valence-electron chi connectivity index (χ4n) is 1.55. The van der Waals surface area contributed by atoms with Crippen LogP contribution in [0.2, 0.25) is 0 Å². The van der Waals surface area contributed by atoms with Crippen molar-refractivity contribution in [1.29, 1.82) is 0 Å². The van der Waals surface area contributed by atoms with Gasteiger partial charge >= 0.3 is 0 Å². The third-order valence-corrected chi connectivity index (χ3v) is 3.78. The van der Waals surface area contributed by atoms with Gasteiger partial charge in [0.2, 0.25) is 5.91 Å². The lowest BCUT2D eigenvalue weighted by Gasteiger charge is -2.12. The minimum Gasteiger partial charge on any atom is -0.382 e. The monoisotopic (exact) mass is 281 g/mol. The lowest BCUT2D eigenvalue weighted by atomic mass is 10.2. The second-order valence-electron chi connectivity index (χ2n) is 4.41. The first-order chi connectivity index (χ1) is 9.13. The zero-order valence-corrected chi connectivity index (χ0v) is 12.8. The van der Waals surface area contributed by atoms with Crippen molar-refractivity contribution in [1.82, 2.24) is 5.32 Å². The molecule has 0 fully saturated rings. The van der Waals surface area contributed by atoms with Crippen LogP contribution in [0.15, 0.2) is 29.2 Å². The fourth-order valence-corrected chi connectivity index (χ4v) is 2.44. The summed E-state index contributed by atoms with van der Waals surface area (Å²) in [6.07, 6.45) is 0.863. The number of carbonyl (C=O) groups excluding carboxylic acids is 1. The second kappa shape index (κ2) is 8.99. The summed E-state index contributed by atoms with van der Waals surface area (Å²) in [7, 11) is 0. The Morgan fingerprint density at radius 2 is 2.05 bits per heavy atom. The van der Waals surface area contributed by atoms with Gasteiger partial charge in [-0.2, -0.15) is 0 Å². The summed E-state index contributed by atoms with van der Waals surface area (Å²) in [6.45, 7) is 8.08. The van der Waals surface area contributed by atoms with Crippen molar-refractivity contribution in [3.63, 3.8) is 0 Å². The number of nitrogens with one attached hydrogen (secondary N) is 1. The van der Waals surface area contributed by atoms with E-state index in [2.05, 4.69) is 36.5 Å². The third kappa shape index (κ3) is 6.64. The van der Waals surface area contributed by atoms with E-state index in [4.69, 9.17) is 4.74 Å².